The van der Waals surface area contributed by atoms with Gasteiger partial charge in [0.2, 0.25) is 0 Å². The molecule has 0 bridgehead atoms. The molecule has 4 rings (SSSR count). The fourth-order valence-corrected chi connectivity index (χ4v) is 5.40. The lowest BCUT2D eigenvalue weighted by atomic mass is 9.97. The van der Waals surface area contributed by atoms with E-state index in [0.29, 0.717) is 19.2 Å². The van der Waals surface area contributed by atoms with Crippen LogP contribution in [0, 0.1) is 3.57 Å². The molecular weight excluding hydrogens is 696 g/mol. The van der Waals surface area contributed by atoms with Gasteiger partial charge in [-0.25, -0.2) is 9.59 Å². The van der Waals surface area contributed by atoms with Crippen LogP contribution in [0.5, 0.6) is 0 Å². The molecule has 1 aliphatic heterocycles. The van der Waals surface area contributed by atoms with Gasteiger partial charge in [-0.2, -0.15) is 0 Å². The zero-order valence-electron chi connectivity index (χ0n) is 22.9. The highest BCUT2D eigenvalue weighted by Crippen LogP contribution is 2.40. The number of alkyl carbamates (subject to hydrolysis) is 1. The highest BCUT2D eigenvalue weighted by Gasteiger charge is 2.46. The minimum atomic E-state index is -1.54. The first kappa shape index (κ1) is 31.6. The molecule has 2 unspecified atom stereocenters. The van der Waals surface area contributed by atoms with Gasteiger partial charge in [-0.15, -0.1) is 0 Å². The van der Waals surface area contributed by atoms with Crippen LogP contribution in [0.2, 0.25) is 10.0 Å². The average Bonchev–Trinajstić information content (AvgIpc) is 2.98. The maximum atomic E-state index is 14.5. The summed E-state index contributed by atoms with van der Waals surface area (Å²) >= 11 is 14.3. The van der Waals surface area contributed by atoms with E-state index in [-0.39, 0.29) is 29.9 Å². The van der Waals surface area contributed by atoms with E-state index < -0.39 is 41.6 Å². The Labute approximate surface area is 266 Å². The lowest BCUT2D eigenvalue weighted by Gasteiger charge is -2.35. The number of fused-ring (bicyclic) bond motifs is 1. The molecule has 0 aromatic heterocycles. The molecule has 42 heavy (non-hydrogen) atoms. The van der Waals surface area contributed by atoms with Gasteiger partial charge in [0.15, 0.2) is 6.04 Å². The Morgan fingerprint density at radius 3 is 2.17 bits per heavy atom. The molecule has 2 N–H and O–H groups in total. The van der Waals surface area contributed by atoms with E-state index in [4.69, 9.17) is 27.9 Å². The lowest BCUT2D eigenvalue weighted by molar-refractivity contribution is -0.144. The van der Waals surface area contributed by atoms with Crippen molar-refractivity contribution in [1.82, 2.24) is 10.2 Å². The van der Waals surface area contributed by atoms with Gasteiger partial charge < -0.3 is 25.0 Å². The summed E-state index contributed by atoms with van der Waals surface area (Å²) in [5, 5.41) is 13.9. The number of nitrogens with one attached hydrogen (secondary N) is 1. The van der Waals surface area contributed by atoms with Crippen LogP contribution in [0.25, 0.3) is 0 Å². The number of nitrogens with zero attached hydrogens (tertiary/aromatic N) is 2. The molecule has 0 spiro atoms. The summed E-state index contributed by atoms with van der Waals surface area (Å²) in [7, 11) is 0. The second kappa shape index (κ2) is 12.9. The van der Waals surface area contributed by atoms with Gasteiger partial charge in [0.25, 0.3) is 11.8 Å². The Morgan fingerprint density at radius 2 is 1.60 bits per heavy atom. The highest BCUT2D eigenvalue weighted by atomic mass is 127. The SMILES string of the molecule is CC(C)(C)OC(=O)NCCN1C(=O)C(c2ccc(Cl)cc2)N(C(C(=O)O)c2ccc(Cl)cc2)C(=O)c2cc(I)ccc21. The van der Waals surface area contributed by atoms with Gasteiger partial charge in [0, 0.05) is 26.7 Å². The number of rotatable bonds is 7. The monoisotopic (exact) mass is 723 g/mol. The number of halogens is 3. The van der Waals surface area contributed by atoms with Crippen molar-refractivity contribution < 1.29 is 29.0 Å². The van der Waals surface area contributed by atoms with Crippen LogP contribution in [0.1, 0.15) is 54.3 Å². The Bertz CT molecular complexity index is 1510. The molecule has 2 atom stereocenters. The van der Waals surface area contributed by atoms with Crippen LogP contribution >= 0.6 is 45.8 Å². The van der Waals surface area contributed by atoms with Gasteiger partial charge >= 0.3 is 12.1 Å². The van der Waals surface area contributed by atoms with E-state index in [2.05, 4.69) is 27.9 Å². The molecule has 1 heterocycles. The number of hydrogen-bond donors (Lipinski definition) is 2. The molecule has 3 aromatic rings. The summed E-state index contributed by atoms with van der Waals surface area (Å²) in [6.45, 7) is 5.19. The van der Waals surface area contributed by atoms with Crippen LogP contribution in [-0.2, 0) is 14.3 Å². The summed E-state index contributed by atoms with van der Waals surface area (Å²) in [6.07, 6.45) is -0.659. The Balaban J connectivity index is 1.86. The predicted molar refractivity (Wildman–Crippen MR) is 168 cm³/mol. The van der Waals surface area contributed by atoms with Crippen LogP contribution in [-0.4, -0.2) is 52.6 Å². The van der Waals surface area contributed by atoms with Crippen molar-refractivity contribution in [3.8, 4) is 0 Å². The van der Waals surface area contributed by atoms with Gasteiger partial charge in [-0.1, -0.05) is 47.5 Å². The Morgan fingerprint density at radius 1 is 1.00 bits per heavy atom. The number of amides is 3. The van der Waals surface area contributed by atoms with Crippen molar-refractivity contribution in [3.63, 3.8) is 0 Å². The van der Waals surface area contributed by atoms with Crippen LogP contribution in [0.15, 0.2) is 66.7 Å². The minimum Gasteiger partial charge on any atom is -0.479 e. The van der Waals surface area contributed by atoms with Crippen LogP contribution in [0.3, 0.4) is 0 Å². The number of carbonyl (C=O) groups excluding carboxylic acids is 3. The van der Waals surface area contributed by atoms with E-state index >= 15 is 0 Å². The van der Waals surface area contributed by atoms with E-state index in [1.54, 1.807) is 63.2 Å². The summed E-state index contributed by atoms with van der Waals surface area (Å²) < 4.78 is 6.02. The number of ether oxygens (including phenoxy) is 1. The second-order valence-corrected chi connectivity index (χ2v) is 12.7. The van der Waals surface area contributed by atoms with E-state index in [9.17, 15) is 24.3 Å². The quantitative estimate of drug-likeness (QED) is 0.270. The van der Waals surface area contributed by atoms with E-state index in [1.807, 2.05) is 0 Å². The lowest BCUT2D eigenvalue weighted by Crippen LogP contribution is -2.47. The number of aliphatic carboxylic acids is 1. The maximum absolute atomic E-state index is 14.5. The number of anilines is 1. The Hall–Kier alpha value is -3.35. The third kappa shape index (κ3) is 7.16. The molecule has 220 valence electrons. The number of carboxylic acid groups (broad SMARTS) is 1. The Kier molecular flexibility index (Phi) is 9.69. The maximum Gasteiger partial charge on any atom is 0.407 e. The first-order valence-corrected chi connectivity index (χ1v) is 14.7. The highest BCUT2D eigenvalue weighted by molar-refractivity contribution is 14.1. The molecule has 0 fully saturated rings. The molecule has 0 aliphatic carbocycles. The van der Waals surface area contributed by atoms with E-state index in [1.165, 1.54) is 29.2 Å². The molecule has 12 heteroatoms. The number of carbonyl (C=O) groups is 4. The first-order chi connectivity index (χ1) is 19.8. The zero-order valence-corrected chi connectivity index (χ0v) is 26.6. The molecule has 0 saturated carbocycles. The number of benzene rings is 3. The van der Waals surface area contributed by atoms with E-state index in [0.717, 1.165) is 4.90 Å². The fourth-order valence-electron chi connectivity index (χ4n) is 4.65. The van der Waals surface area contributed by atoms with Gasteiger partial charge in [0.1, 0.15) is 11.6 Å². The van der Waals surface area contributed by atoms with Crippen molar-refractivity contribution in [1.29, 1.82) is 0 Å². The van der Waals surface area contributed by atoms with Crippen LogP contribution < -0.4 is 10.2 Å². The number of carboxylic acids is 1. The van der Waals surface area contributed by atoms with Gasteiger partial charge in [-0.3, -0.25) is 9.59 Å². The summed E-state index contributed by atoms with van der Waals surface area (Å²) in [5.41, 5.74) is 0.346. The average molecular weight is 724 g/mol. The van der Waals surface area contributed by atoms with Crippen molar-refractivity contribution >= 4 is 75.4 Å². The normalized spacial score (nSPS) is 16.0. The van der Waals surface area contributed by atoms with Crippen molar-refractivity contribution in [3.05, 3.63) is 97.0 Å². The molecule has 0 saturated heterocycles. The standard InChI is InChI=1S/C30H28Cl2IN3O6/c1-30(2,3)42-29(41)34-14-15-35-23-13-12-21(33)16-22(23)26(37)36(24(27(35)38)17-4-8-19(31)9-5-17)25(28(39)40)18-6-10-20(32)11-7-18/h4-13,16,24-25H,14-15H2,1-3H3,(H,34,41)(H,39,40). The fraction of sp³-hybridized carbons (Fsp3) is 0.267. The summed E-state index contributed by atoms with van der Waals surface area (Å²) in [6, 6.07) is 14.5. The summed E-state index contributed by atoms with van der Waals surface area (Å²) in [4.78, 5) is 56.6. The molecule has 1 aliphatic rings. The molecule has 3 amide bonds. The molecule has 0 radical (unpaired) electrons. The van der Waals surface area contributed by atoms with Crippen molar-refractivity contribution in [2.75, 3.05) is 18.0 Å². The van der Waals surface area contributed by atoms with Gasteiger partial charge in [-0.05, 0) is 97.0 Å². The largest absolute Gasteiger partial charge is 0.479 e. The minimum absolute atomic E-state index is 0.00709. The van der Waals surface area contributed by atoms with Crippen molar-refractivity contribution in [2.24, 2.45) is 0 Å². The first-order valence-electron chi connectivity index (χ1n) is 12.9. The van der Waals surface area contributed by atoms with Gasteiger partial charge in [0.05, 0.1) is 11.3 Å². The third-order valence-corrected chi connectivity index (χ3v) is 7.55. The van der Waals surface area contributed by atoms with Crippen LogP contribution in [0.4, 0.5) is 10.5 Å². The predicted octanol–water partition coefficient (Wildman–Crippen LogP) is 6.48. The smallest absolute Gasteiger partial charge is 0.407 e. The number of hydrogen-bond acceptors (Lipinski definition) is 5. The molecular formula is C30H28Cl2IN3O6. The topological polar surface area (TPSA) is 116 Å². The molecule has 9 nitrogen and oxygen atoms in total. The molecule has 3 aromatic carbocycles. The third-order valence-electron chi connectivity index (χ3n) is 6.38. The van der Waals surface area contributed by atoms with Crippen molar-refractivity contribution in [2.45, 2.75) is 38.5 Å². The summed E-state index contributed by atoms with van der Waals surface area (Å²) in [5.74, 6) is -2.54. The zero-order chi connectivity index (χ0) is 30.8. The second-order valence-electron chi connectivity index (χ2n) is 10.5.